The molecule has 2 N–H and O–H groups in total. The Hall–Kier alpha value is -1.65. The van der Waals surface area contributed by atoms with Gasteiger partial charge in [0.2, 0.25) is 0 Å². The third-order valence-electron chi connectivity index (χ3n) is 3.79. The van der Waals surface area contributed by atoms with Crippen LogP contribution in [0.1, 0.15) is 22.6 Å². The van der Waals surface area contributed by atoms with Crippen LogP contribution in [0, 0.1) is 6.92 Å². The van der Waals surface area contributed by atoms with Gasteiger partial charge in [-0.1, -0.05) is 29.4 Å². The molecule has 0 spiro atoms. The van der Waals surface area contributed by atoms with Gasteiger partial charge in [-0.25, -0.2) is 0 Å². The van der Waals surface area contributed by atoms with E-state index in [9.17, 15) is 5.11 Å². The van der Waals surface area contributed by atoms with Gasteiger partial charge in [-0.05, 0) is 30.9 Å². The molecule has 1 aliphatic rings. The van der Waals surface area contributed by atoms with Crippen LogP contribution in [0.2, 0.25) is 0 Å². The third kappa shape index (κ3) is 2.41. The van der Waals surface area contributed by atoms with Crippen LogP contribution in [-0.4, -0.2) is 22.4 Å². The quantitative estimate of drug-likeness (QED) is 0.874. The van der Waals surface area contributed by atoms with Crippen LogP contribution in [0.25, 0.3) is 0 Å². The minimum atomic E-state index is -0.273. The highest BCUT2D eigenvalue weighted by Gasteiger charge is 2.36. The van der Waals surface area contributed by atoms with E-state index in [-0.39, 0.29) is 12.1 Å². The number of fused-ring (bicyclic) bond motifs is 1. The van der Waals surface area contributed by atoms with E-state index >= 15 is 0 Å². The Morgan fingerprint density at radius 1 is 1.32 bits per heavy atom. The molecule has 19 heavy (non-hydrogen) atoms. The molecule has 0 amide bonds. The molecule has 0 unspecified atom stereocenters. The molecule has 0 saturated carbocycles. The standard InChI is InChI=1S/C15H18N2O2/c1-11-6-14(19-17-11)9-16-15(10-18)7-12-4-2-3-5-13(12)8-15/h2-6,16,18H,7-10H2,1H3. The fraction of sp³-hybridized carbons (Fsp3) is 0.400. The minimum absolute atomic E-state index is 0.120. The van der Waals surface area contributed by atoms with Crippen molar-refractivity contribution in [3.05, 3.63) is 52.9 Å². The highest BCUT2D eigenvalue weighted by atomic mass is 16.5. The fourth-order valence-corrected chi connectivity index (χ4v) is 2.76. The molecule has 0 aliphatic heterocycles. The van der Waals surface area contributed by atoms with Gasteiger partial charge in [0.25, 0.3) is 0 Å². The number of aromatic nitrogens is 1. The van der Waals surface area contributed by atoms with Crippen molar-refractivity contribution < 1.29 is 9.63 Å². The summed E-state index contributed by atoms with van der Waals surface area (Å²) >= 11 is 0. The number of aryl methyl sites for hydroxylation is 1. The summed E-state index contributed by atoms with van der Waals surface area (Å²) in [6, 6.07) is 10.3. The summed E-state index contributed by atoms with van der Waals surface area (Å²) in [6.45, 7) is 2.62. The number of hydrogen-bond donors (Lipinski definition) is 2. The van der Waals surface area contributed by atoms with E-state index in [1.54, 1.807) is 0 Å². The van der Waals surface area contributed by atoms with Crippen LogP contribution in [-0.2, 0) is 19.4 Å². The van der Waals surface area contributed by atoms with E-state index in [0.717, 1.165) is 24.3 Å². The molecule has 2 aromatic rings. The Balaban J connectivity index is 1.72. The molecule has 4 heteroatoms. The average Bonchev–Trinajstić information content (AvgIpc) is 3.00. The SMILES string of the molecule is Cc1cc(CNC2(CO)Cc3ccccc3C2)on1. The second-order valence-electron chi connectivity index (χ2n) is 5.35. The molecule has 3 rings (SSSR count). The van der Waals surface area contributed by atoms with Gasteiger partial charge in [0, 0.05) is 11.6 Å². The summed E-state index contributed by atoms with van der Waals surface area (Å²) in [4.78, 5) is 0. The zero-order chi connectivity index (χ0) is 13.3. The highest BCUT2D eigenvalue weighted by molar-refractivity contribution is 5.36. The monoisotopic (exact) mass is 258 g/mol. The maximum atomic E-state index is 9.76. The molecule has 0 fully saturated rings. The highest BCUT2D eigenvalue weighted by Crippen LogP contribution is 2.30. The molecule has 1 heterocycles. The number of nitrogens with one attached hydrogen (secondary N) is 1. The van der Waals surface area contributed by atoms with Crippen LogP contribution >= 0.6 is 0 Å². The topological polar surface area (TPSA) is 58.3 Å². The zero-order valence-corrected chi connectivity index (χ0v) is 11.0. The van der Waals surface area contributed by atoms with Gasteiger partial charge in [0.15, 0.2) is 5.76 Å². The summed E-state index contributed by atoms with van der Waals surface area (Å²) in [6.07, 6.45) is 1.71. The van der Waals surface area contributed by atoms with Crippen LogP contribution in [0.15, 0.2) is 34.9 Å². The van der Waals surface area contributed by atoms with Gasteiger partial charge in [-0.15, -0.1) is 0 Å². The predicted octanol–water partition coefficient (Wildman–Crippen LogP) is 1.60. The molecule has 0 bridgehead atoms. The van der Waals surface area contributed by atoms with Crippen molar-refractivity contribution in [1.82, 2.24) is 10.5 Å². The summed E-state index contributed by atoms with van der Waals surface area (Å²) in [5.74, 6) is 0.807. The molecule has 100 valence electrons. The lowest BCUT2D eigenvalue weighted by Gasteiger charge is -2.27. The smallest absolute Gasteiger partial charge is 0.150 e. The van der Waals surface area contributed by atoms with Crippen molar-refractivity contribution in [3.63, 3.8) is 0 Å². The molecule has 1 aromatic carbocycles. The maximum Gasteiger partial charge on any atom is 0.150 e. The normalized spacial score (nSPS) is 16.5. The molecular weight excluding hydrogens is 240 g/mol. The first kappa shape index (κ1) is 12.4. The van der Waals surface area contributed by atoms with Gasteiger partial charge in [0.05, 0.1) is 18.8 Å². The van der Waals surface area contributed by atoms with Crippen LogP contribution in [0.4, 0.5) is 0 Å². The van der Waals surface area contributed by atoms with Crippen molar-refractivity contribution >= 4 is 0 Å². The second kappa shape index (κ2) is 4.79. The molecule has 1 aliphatic carbocycles. The number of aliphatic hydroxyl groups excluding tert-OH is 1. The number of rotatable bonds is 4. The van der Waals surface area contributed by atoms with Gasteiger partial charge in [-0.3, -0.25) is 0 Å². The van der Waals surface area contributed by atoms with Crippen LogP contribution < -0.4 is 5.32 Å². The first-order valence-electron chi connectivity index (χ1n) is 6.56. The first-order valence-corrected chi connectivity index (χ1v) is 6.56. The van der Waals surface area contributed by atoms with Crippen molar-refractivity contribution in [2.45, 2.75) is 31.8 Å². The Morgan fingerprint density at radius 2 is 2.00 bits per heavy atom. The van der Waals surface area contributed by atoms with E-state index in [1.807, 2.05) is 25.1 Å². The van der Waals surface area contributed by atoms with Crippen LogP contribution in [0.5, 0.6) is 0 Å². The summed E-state index contributed by atoms with van der Waals surface area (Å²) < 4.78 is 5.20. The second-order valence-corrected chi connectivity index (χ2v) is 5.35. The molecule has 0 saturated heterocycles. The maximum absolute atomic E-state index is 9.76. The lowest BCUT2D eigenvalue weighted by atomic mass is 9.97. The van der Waals surface area contributed by atoms with E-state index in [1.165, 1.54) is 11.1 Å². The minimum Gasteiger partial charge on any atom is -0.394 e. The third-order valence-corrected chi connectivity index (χ3v) is 3.79. The van der Waals surface area contributed by atoms with Gasteiger partial charge in [0.1, 0.15) is 0 Å². The molecular formula is C15H18N2O2. The molecule has 4 nitrogen and oxygen atoms in total. The Kier molecular flexibility index (Phi) is 3.12. The summed E-state index contributed by atoms with van der Waals surface area (Å²) in [5.41, 5.74) is 3.24. The van der Waals surface area contributed by atoms with Crippen molar-refractivity contribution in [3.8, 4) is 0 Å². The Morgan fingerprint density at radius 3 is 2.53 bits per heavy atom. The predicted molar refractivity (Wildman–Crippen MR) is 71.7 cm³/mol. The lowest BCUT2D eigenvalue weighted by molar-refractivity contribution is 0.162. The van der Waals surface area contributed by atoms with Crippen molar-refractivity contribution in [1.29, 1.82) is 0 Å². The van der Waals surface area contributed by atoms with Crippen LogP contribution in [0.3, 0.4) is 0 Å². The summed E-state index contributed by atoms with van der Waals surface area (Å²) in [5, 5.41) is 17.1. The Labute approximate surface area is 112 Å². The van der Waals surface area contributed by atoms with Gasteiger partial charge in [-0.2, -0.15) is 0 Å². The number of benzene rings is 1. The zero-order valence-electron chi connectivity index (χ0n) is 11.0. The van der Waals surface area contributed by atoms with Gasteiger partial charge >= 0.3 is 0 Å². The fourth-order valence-electron chi connectivity index (χ4n) is 2.76. The lowest BCUT2D eigenvalue weighted by Crippen LogP contribution is -2.49. The van der Waals surface area contributed by atoms with E-state index < -0.39 is 0 Å². The molecule has 0 atom stereocenters. The van der Waals surface area contributed by atoms with E-state index in [0.29, 0.717) is 6.54 Å². The average molecular weight is 258 g/mol. The Bertz CT molecular complexity index is 552. The van der Waals surface area contributed by atoms with Crippen molar-refractivity contribution in [2.75, 3.05) is 6.61 Å². The first-order chi connectivity index (χ1) is 9.21. The largest absolute Gasteiger partial charge is 0.394 e. The van der Waals surface area contributed by atoms with Crippen molar-refractivity contribution in [2.24, 2.45) is 0 Å². The van der Waals surface area contributed by atoms with Gasteiger partial charge < -0.3 is 14.9 Å². The molecule has 1 aromatic heterocycles. The molecule has 0 radical (unpaired) electrons. The number of aliphatic hydroxyl groups is 1. The number of nitrogens with zero attached hydrogens (tertiary/aromatic N) is 1. The van der Waals surface area contributed by atoms with E-state index in [4.69, 9.17) is 4.52 Å². The van der Waals surface area contributed by atoms with E-state index in [2.05, 4.69) is 22.6 Å². The summed E-state index contributed by atoms with van der Waals surface area (Å²) in [7, 11) is 0. The number of hydrogen-bond acceptors (Lipinski definition) is 4.